The lowest BCUT2D eigenvalue weighted by atomic mass is 9.79. The maximum Gasteiger partial charge on any atom is 0.344 e. The van der Waals surface area contributed by atoms with Crippen LogP contribution in [0.25, 0.3) is 0 Å². The number of carbonyl (C=O) groups is 1. The highest BCUT2D eigenvalue weighted by molar-refractivity contribution is 5.72. The zero-order valence-corrected chi connectivity index (χ0v) is 14.1. The molecule has 0 aromatic heterocycles. The smallest absolute Gasteiger partial charge is 0.344 e. The molecule has 3 heteroatoms. The zero-order valence-electron chi connectivity index (χ0n) is 14.1. The molecule has 2 aromatic carbocycles. The Hall–Kier alpha value is -2.29. The molecule has 126 valence electrons. The minimum atomic E-state index is -0.901. The van der Waals surface area contributed by atoms with E-state index in [1.165, 1.54) is 23.1 Å². The Kier molecular flexibility index (Phi) is 5.19. The van der Waals surface area contributed by atoms with E-state index < -0.39 is 12.1 Å². The number of carboxylic acids is 1. The molecule has 0 heterocycles. The first-order valence-corrected chi connectivity index (χ1v) is 8.76. The molecule has 0 saturated heterocycles. The van der Waals surface area contributed by atoms with E-state index in [2.05, 4.69) is 36.4 Å². The Balaban J connectivity index is 1.77. The van der Waals surface area contributed by atoms with Crippen molar-refractivity contribution in [3.8, 4) is 5.75 Å². The van der Waals surface area contributed by atoms with Crippen LogP contribution in [-0.4, -0.2) is 17.2 Å². The van der Waals surface area contributed by atoms with Crippen molar-refractivity contribution >= 4 is 5.97 Å². The molecule has 1 N–H and O–H groups in total. The molecule has 0 fully saturated rings. The topological polar surface area (TPSA) is 46.5 Å². The molecule has 24 heavy (non-hydrogen) atoms. The predicted octanol–water partition coefficient (Wildman–Crippen LogP) is 4.79. The summed E-state index contributed by atoms with van der Waals surface area (Å²) in [6, 6.07) is 16.6. The van der Waals surface area contributed by atoms with E-state index >= 15 is 0 Å². The summed E-state index contributed by atoms with van der Waals surface area (Å²) in [7, 11) is 0. The van der Waals surface area contributed by atoms with Gasteiger partial charge in [-0.05, 0) is 54.5 Å². The third kappa shape index (κ3) is 3.61. The van der Waals surface area contributed by atoms with Crippen LogP contribution in [0.5, 0.6) is 5.75 Å². The molecule has 0 amide bonds. The second-order valence-electron chi connectivity index (χ2n) is 6.45. The first-order valence-electron chi connectivity index (χ1n) is 8.76. The van der Waals surface area contributed by atoms with Crippen LogP contribution in [0, 0.1) is 0 Å². The van der Waals surface area contributed by atoms with E-state index in [1.54, 1.807) is 0 Å². The zero-order chi connectivity index (χ0) is 16.9. The van der Waals surface area contributed by atoms with Crippen molar-refractivity contribution in [3.05, 3.63) is 65.2 Å². The summed E-state index contributed by atoms with van der Waals surface area (Å²) in [6.07, 6.45) is 4.06. The third-order valence-electron chi connectivity index (χ3n) is 4.76. The van der Waals surface area contributed by atoms with Gasteiger partial charge in [-0.3, -0.25) is 0 Å². The molecule has 3 nitrogen and oxygen atoms in total. The van der Waals surface area contributed by atoms with Gasteiger partial charge in [0.15, 0.2) is 6.10 Å². The van der Waals surface area contributed by atoms with E-state index in [0.717, 1.165) is 19.3 Å². The summed E-state index contributed by atoms with van der Waals surface area (Å²) < 4.78 is 5.63. The summed E-state index contributed by atoms with van der Waals surface area (Å²) in [5.74, 6) is 0.153. The number of aryl methyl sites for hydroxylation is 1. The number of aliphatic carboxylic acids is 1. The van der Waals surface area contributed by atoms with E-state index in [-0.39, 0.29) is 0 Å². The van der Waals surface area contributed by atoms with Crippen LogP contribution in [0.4, 0.5) is 0 Å². The van der Waals surface area contributed by atoms with Crippen molar-refractivity contribution in [1.82, 2.24) is 0 Å². The van der Waals surface area contributed by atoms with Crippen molar-refractivity contribution in [3.63, 3.8) is 0 Å². The number of rotatable bonds is 6. The number of ether oxygens (including phenoxy) is 1. The second kappa shape index (κ2) is 7.52. The summed E-state index contributed by atoms with van der Waals surface area (Å²) in [6.45, 7) is 1.96. The lowest BCUT2D eigenvalue weighted by molar-refractivity contribution is -0.145. The maximum atomic E-state index is 11.2. The van der Waals surface area contributed by atoms with Crippen LogP contribution in [-0.2, 0) is 11.2 Å². The number of hydrogen-bond acceptors (Lipinski definition) is 2. The molecule has 1 aliphatic rings. The highest BCUT2D eigenvalue weighted by atomic mass is 16.5. The molecule has 3 rings (SSSR count). The normalized spacial score (nSPS) is 17.8. The van der Waals surface area contributed by atoms with Gasteiger partial charge in [-0.25, -0.2) is 4.79 Å². The Morgan fingerprint density at radius 3 is 2.67 bits per heavy atom. The standard InChI is InChI=1S/C21H24O3/c1-2-6-20(21(22)23)24-17-13-11-16(12-14-17)19-10-5-8-15-7-3-4-9-18(15)19/h3-4,7,9,11-14,19-20H,2,5-6,8,10H2,1H3,(H,22,23). The summed E-state index contributed by atoms with van der Waals surface area (Å²) in [5, 5.41) is 9.21. The number of hydrogen-bond donors (Lipinski definition) is 1. The van der Waals surface area contributed by atoms with Crippen molar-refractivity contribution in [2.24, 2.45) is 0 Å². The van der Waals surface area contributed by atoms with E-state index in [9.17, 15) is 9.90 Å². The van der Waals surface area contributed by atoms with Crippen LogP contribution in [0.15, 0.2) is 48.5 Å². The molecule has 2 unspecified atom stereocenters. The van der Waals surface area contributed by atoms with Crippen molar-refractivity contribution in [1.29, 1.82) is 0 Å². The van der Waals surface area contributed by atoms with Crippen LogP contribution in [0.1, 0.15) is 55.2 Å². The van der Waals surface area contributed by atoms with Crippen LogP contribution in [0.2, 0.25) is 0 Å². The Bertz CT molecular complexity index is 690. The third-order valence-corrected chi connectivity index (χ3v) is 4.76. The van der Waals surface area contributed by atoms with Gasteiger partial charge < -0.3 is 9.84 Å². The minimum absolute atomic E-state index is 0.426. The Morgan fingerprint density at radius 2 is 1.96 bits per heavy atom. The van der Waals surface area contributed by atoms with Gasteiger partial charge in [-0.1, -0.05) is 49.7 Å². The van der Waals surface area contributed by atoms with Crippen molar-refractivity contribution in [2.75, 3.05) is 0 Å². The maximum absolute atomic E-state index is 11.2. The molecule has 2 atom stereocenters. The lowest BCUT2D eigenvalue weighted by Crippen LogP contribution is -2.26. The summed E-state index contributed by atoms with van der Waals surface area (Å²) in [5.41, 5.74) is 4.15. The van der Waals surface area contributed by atoms with Gasteiger partial charge in [0, 0.05) is 5.92 Å². The fourth-order valence-corrected chi connectivity index (χ4v) is 3.54. The Labute approximate surface area is 143 Å². The van der Waals surface area contributed by atoms with Gasteiger partial charge in [0.05, 0.1) is 0 Å². The molecule has 0 spiro atoms. The van der Waals surface area contributed by atoms with E-state index in [4.69, 9.17) is 4.74 Å². The number of benzene rings is 2. The number of fused-ring (bicyclic) bond motifs is 1. The molecule has 1 aliphatic carbocycles. The minimum Gasteiger partial charge on any atom is -0.479 e. The predicted molar refractivity (Wildman–Crippen MR) is 94.6 cm³/mol. The fourth-order valence-electron chi connectivity index (χ4n) is 3.54. The highest BCUT2D eigenvalue weighted by Gasteiger charge is 2.22. The fraction of sp³-hybridized carbons (Fsp3) is 0.381. The highest BCUT2D eigenvalue weighted by Crippen LogP contribution is 2.37. The second-order valence-corrected chi connectivity index (χ2v) is 6.45. The van der Waals surface area contributed by atoms with Crippen molar-refractivity contribution in [2.45, 2.75) is 51.0 Å². The molecular formula is C21H24O3. The summed E-state index contributed by atoms with van der Waals surface area (Å²) in [4.78, 5) is 11.2. The van der Waals surface area contributed by atoms with Crippen LogP contribution < -0.4 is 4.74 Å². The quantitative estimate of drug-likeness (QED) is 0.831. The van der Waals surface area contributed by atoms with Crippen LogP contribution in [0.3, 0.4) is 0 Å². The van der Waals surface area contributed by atoms with Gasteiger partial charge in [0.2, 0.25) is 0 Å². The first kappa shape index (κ1) is 16.6. The monoisotopic (exact) mass is 324 g/mol. The largest absolute Gasteiger partial charge is 0.479 e. The average Bonchev–Trinajstić information content (AvgIpc) is 2.61. The molecule has 2 aromatic rings. The molecular weight excluding hydrogens is 300 g/mol. The number of carboxylic acid groups (broad SMARTS) is 1. The van der Waals surface area contributed by atoms with Gasteiger partial charge >= 0.3 is 5.97 Å². The molecule has 0 radical (unpaired) electrons. The average molecular weight is 324 g/mol. The molecule has 0 bridgehead atoms. The molecule has 0 saturated carbocycles. The van der Waals surface area contributed by atoms with Gasteiger partial charge in [-0.2, -0.15) is 0 Å². The SMILES string of the molecule is CCCC(Oc1ccc(C2CCCc3ccccc32)cc1)C(=O)O. The lowest BCUT2D eigenvalue weighted by Gasteiger charge is -2.26. The van der Waals surface area contributed by atoms with E-state index in [1.807, 2.05) is 19.1 Å². The van der Waals surface area contributed by atoms with Gasteiger partial charge in [0.25, 0.3) is 0 Å². The van der Waals surface area contributed by atoms with Crippen molar-refractivity contribution < 1.29 is 14.6 Å². The molecule has 0 aliphatic heterocycles. The first-order chi connectivity index (χ1) is 11.7. The summed E-state index contributed by atoms with van der Waals surface area (Å²) >= 11 is 0. The Morgan fingerprint density at radius 1 is 1.21 bits per heavy atom. The van der Waals surface area contributed by atoms with Gasteiger partial charge in [0.1, 0.15) is 5.75 Å². The van der Waals surface area contributed by atoms with Crippen LogP contribution >= 0.6 is 0 Å². The van der Waals surface area contributed by atoms with E-state index in [0.29, 0.717) is 18.1 Å². The van der Waals surface area contributed by atoms with Gasteiger partial charge in [-0.15, -0.1) is 0 Å².